The molecule has 0 heterocycles. The Morgan fingerprint density at radius 1 is 0.969 bits per heavy atom. The lowest BCUT2D eigenvalue weighted by molar-refractivity contribution is -0.148. The third-order valence-corrected chi connectivity index (χ3v) is 7.10. The van der Waals surface area contributed by atoms with Crippen LogP contribution in [0.15, 0.2) is 18.2 Å². The van der Waals surface area contributed by atoms with Gasteiger partial charge in [-0.2, -0.15) is 0 Å². The molecule has 32 heavy (non-hydrogen) atoms. The van der Waals surface area contributed by atoms with Gasteiger partial charge in [0, 0.05) is 12.0 Å². The first kappa shape index (κ1) is 22.4. The minimum Gasteiger partial charge on any atom is -0.493 e. The van der Waals surface area contributed by atoms with Crippen molar-refractivity contribution in [2.24, 2.45) is 17.8 Å². The highest BCUT2D eigenvalue weighted by atomic mass is 16.5. The minimum absolute atomic E-state index is 0.113. The number of methoxy groups -OCH3 is 2. The molecule has 0 spiro atoms. The highest BCUT2D eigenvalue weighted by molar-refractivity contribution is 5.95. The number of hydrogen-bond donors (Lipinski definition) is 2. The van der Waals surface area contributed by atoms with Crippen molar-refractivity contribution in [3.63, 3.8) is 0 Å². The zero-order chi connectivity index (χ0) is 22.7. The second-order valence-corrected chi connectivity index (χ2v) is 9.55. The van der Waals surface area contributed by atoms with Crippen molar-refractivity contribution in [2.45, 2.75) is 56.9 Å². The molecule has 2 N–H and O–H groups in total. The molecule has 4 aliphatic rings. The first-order valence-electron chi connectivity index (χ1n) is 11.4. The van der Waals surface area contributed by atoms with Crippen LogP contribution in [-0.2, 0) is 20.7 Å². The van der Waals surface area contributed by atoms with Crippen LogP contribution in [0.3, 0.4) is 0 Å². The minimum atomic E-state index is -0.619. The average Bonchev–Trinajstić information content (AvgIpc) is 2.74. The molecule has 4 fully saturated rings. The number of carbonyl (C=O) groups excluding carboxylic acids is 3. The van der Waals surface area contributed by atoms with E-state index in [4.69, 9.17) is 14.2 Å². The van der Waals surface area contributed by atoms with E-state index in [1.807, 2.05) is 6.07 Å². The number of esters is 1. The summed E-state index contributed by atoms with van der Waals surface area (Å²) in [7, 11) is 3.11. The Bertz CT molecular complexity index is 848. The maximum Gasteiger partial charge on any atom is 0.321 e. The summed E-state index contributed by atoms with van der Waals surface area (Å²) >= 11 is 0. The van der Waals surface area contributed by atoms with Gasteiger partial charge in [-0.15, -0.1) is 0 Å². The molecule has 1 aromatic carbocycles. The number of amides is 3. The lowest BCUT2D eigenvalue weighted by Crippen LogP contribution is -2.62. The number of imide groups is 1. The Hall–Kier alpha value is -2.77. The van der Waals surface area contributed by atoms with Gasteiger partial charge in [0.1, 0.15) is 0 Å². The molecule has 4 saturated carbocycles. The number of ether oxygens (including phenoxy) is 3. The fourth-order valence-corrected chi connectivity index (χ4v) is 6.20. The van der Waals surface area contributed by atoms with Crippen LogP contribution in [-0.4, -0.2) is 44.3 Å². The fraction of sp³-hybridized carbons (Fsp3) is 0.625. The molecule has 0 aromatic heterocycles. The summed E-state index contributed by atoms with van der Waals surface area (Å²) in [5.41, 5.74) is 0.717. The predicted octanol–water partition coefficient (Wildman–Crippen LogP) is 2.97. The van der Waals surface area contributed by atoms with Crippen molar-refractivity contribution < 1.29 is 28.6 Å². The number of urea groups is 1. The molecule has 4 bridgehead atoms. The lowest BCUT2D eigenvalue weighted by atomic mass is 9.53. The third-order valence-electron chi connectivity index (χ3n) is 7.10. The number of nitrogens with one attached hydrogen (secondary N) is 2. The van der Waals surface area contributed by atoms with Crippen molar-refractivity contribution in [2.75, 3.05) is 20.8 Å². The van der Waals surface area contributed by atoms with Crippen molar-refractivity contribution in [1.29, 1.82) is 0 Å². The number of benzene rings is 1. The second kappa shape index (κ2) is 9.38. The molecule has 0 aliphatic heterocycles. The number of carbonyl (C=O) groups is 3. The van der Waals surface area contributed by atoms with E-state index in [1.54, 1.807) is 26.4 Å². The van der Waals surface area contributed by atoms with Gasteiger partial charge < -0.3 is 19.5 Å². The SMILES string of the molecule is COc1ccc(CCC(=O)OCC(=O)NC(=O)NC23CC4CC(CC(C4)C2)C3)cc1OC. The van der Waals surface area contributed by atoms with E-state index in [0.717, 1.165) is 24.8 Å². The average molecular weight is 445 g/mol. The summed E-state index contributed by atoms with van der Waals surface area (Å²) in [6, 6.07) is 4.93. The summed E-state index contributed by atoms with van der Waals surface area (Å²) in [6.45, 7) is -0.473. The summed E-state index contributed by atoms with van der Waals surface area (Å²) in [4.78, 5) is 36.5. The van der Waals surface area contributed by atoms with Gasteiger partial charge in [0.25, 0.3) is 5.91 Å². The quantitative estimate of drug-likeness (QED) is 0.598. The lowest BCUT2D eigenvalue weighted by Gasteiger charge is -2.56. The van der Waals surface area contributed by atoms with Crippen molar-refractivity contribution in [3.05, 3.63) is 23.8 Å². The van der Waals surface area contributed by atoms with E-state index in [0.29, 0.717) is 35.7 Å². The van der Waals surface area contributed by atoms with Crippen LogP contribution in [0.2, 0.25) is 0 Å². The molecule has 5 rings (SSSR count). The van der Waals surface area contributed by atoms with E-state index < -0.39 is 24.5 Å². The topological polar surface area (TPSA) is 103 Å². The molecule has 1 aromatic rings. The molecule has 4 aliphatic carbocycles. The summed E-state index contributed by atoms with van der Waals surface area (Å²) < 4.78 is 15.5. The Morgan fingerprint density at radius 3 is 2.19 bits per heavy atom. The van der Waals surface area contributed by atoms with Gasteiger partial charge in [-0.25, -0.2) is 4.79 Å². The Balaban J connectivity index is 1.18. The first-order chi connectivity index (χ1) is 15.4. The highest BCUT2D eigenvalue weighted by Gasteiger charge is 2.51. The largest absolute Gasteiger partial charge is 0.493 e. The standard InChI is InChI=1S/C24H32N2O6/c1-30-19-5-3-15(10-20(19)31-2)4-6-22(28)32-14-21(27)25-23(29)26-24-11-16-7-17(12-24)9-18(8-16)13-24/h3,5,10,16-18H,4,6-9,11-14H2,1-2H3,(H2,25,26,27,29). The van der Waals surface area contributed by atoms with Crippen molar-refractivity contribution in [3.8, 4) is 11.5 Å². The van der Waals surface area contributed by atoms with Crippen LogP contribution in [0.5, 0.6) is 11.5 Å². The normalized spacial score (nSPS) is 27.5. The smallest absolute Gasteiger partial charge is 0.321 e. The predicted molar refractivity (Wildman–Crippen MR) is 116 cm³/mol. The van der Waals surface area contributed by atoms with Gasteiger partial charge in [0.15, 0.2) is 18.1 Å². The number of aryl methyl sites for hydroxylation is 1. The summed E-state index contributed by atoms with van der Waals surface area (Å²) in [5.74, 6) is 2.17. The molecule has 8 nitrogen and oxygen atoms in total. The zero-order valence-electron chi connectivity index (χ0n) is 18.8. The molecule has 3 amide bonds. The van der Waals surface area contributed by atoms with Gasteiger partial charge in [-0.3, -0.25) is 14.9 Å². The van der Waals surface area contributed by atoms with Crippen molar-refractivity contribution in [1.82, 2.24) is 10.6 Å². The molecular formula is C24H32N2O6. The van der Waals surface area contributed by atoms with E-state index in [1.165, 1.54) is 19.3 Å². The van der Waals surface area contributed by atoms with Gasteiger partial charge in [-0.05, 0) is 80.4 Å². The van der Waals surface area contributed by atoms with Gasteiger partial charge in [0.05, 0.1) is 14.2 Å². The van der Waals surface area contributed by atoms with E-state index in [-0.39, 0.29) is 12.0 Å². The van der Waals surface area contributed by atoms with E-state index >= 15 is 0 Å². The summed E-state index contributed by atoms with van der Waals surface area (Å²) in [5, 5.41) is 5.39. The molecule has 8 heteroatoms. The van der Waals surface area contributed by atoms with Crippen LogP contribution >= 0.6 is 0 Å². The van der Waals surface area contributed by atoms with Crippen LogP contribution in [0.1, 0.15) is 50.5 Å². The monoisotopic (exact) mass is 444 g/mol. The third kappa shape index (κ3) is 5.16. The fourth-order valence-electron chi connectivity index (χ4n) is 6.20. The molecule has 0 unspecified atom stereocenters. The number of rotatable bonds is 8. The number of hydrogen-bond acceptors (Lipinski definition) is 6. The molecule has 0 atom stereocenters. The molecule has 0 saturated heterocycles. The van der Waals surface area contributed by atoms with Crippen LogP contribution in [0.25, 0.3) is 0 Å². The zero-order valence-corrected chi connectivity index (χ0v) is 18.8. The van der Waals surface area contributed by atoms with Crippen LogP contribution in [0, 0.1) is 17.8 Å². The van der Waals surface area contributed by atoms with Gasteiger partial charge >= 0.3 is 12.0 Å². The van der Waals surface area contributed by atoms with Crippen LogP contribution in [0.4, 0.5) is 4.79 Å². The van der Waals surface area contributed by atoms with E-state index in [9.17, 15) is 14.4 Å². The first-order valence-corrected chi connectivity index (χ1v) is 11.4. The maximum atomic E-state index is 12.4. The van der Waals surface area contributed by atoms with Gasteiger partial charge in [-0.1, -0.05) is 6.07 Å². The Labute approximate surface area is 188 Å². The Morgan fingerprint density at radius 2 is 1.59 bits per heavy atom. The Kier molecular flexibility index (Phi) is 6.58. The summed E-state index contributed by atoms with van der Waals surface area (Å²) in [6.07, 6.45) is 7.40. The molecule has 174 valence electrons. The van der Waals surface area contributed by atoms with Crippen molar-refractivity contribution >= 4 is 17.9 Å². The highest BCUT2D eigenvalue weighted by Crippen LogP contribution is 2.55. The maximum absolute atomic E-state index is 12.4. The van der Waals surface area contributed by atoms with Crippen LogP contribution < -0.4 is 20.1 Å². The van der Waals surface area contributed by atoms with E-state index in [2.05, 4.69) is 10.6 Å². The van der Waals surface area contributed by atoms with Gasteiger partial charge in [0.2, 0.25) is 0 Å². The second-order valence-electron chi connectivity index (χ2n) is 9.55. The molecule has 0 radical (unpaired) electrons. The molecular weight excluding hydrogens is 412 g/mol.